The molecule has 0 fully saturated rings. The Morgan fingerprint density at radius 2 is 1.14 bits per heavy atom. The van der Waals surface area contributed by atoms with Gasteiger partial charge in [-0.15, -0.1) is 0 Å². The molecular formula is C16H34NdO3P. The summed E-state index contributed by atoms with van der Waals surface area (Å²) in [6.07, 6.45) is 13.8. The van der Waals surface area contributed by atoms with Gasteiger partial charge in [0.2, 0.25) is 0 Å². The molecule has 0 saturated carbocycles. The second-order valence-electron chi connectivity index (χ2n) is 5.37. The molecule has 0 aliphatic rings. The van der Waals surface area contributed by atoms with Crippen LogP contribution in [0.4, 0.5) is 0 Å². The third kappa shape index (κ3) is 34.0. The molecule has 0 amide bonds. The summed E-state index contributed by atoms with van der Waals surface area (Å²) in [4.78, 5) is 20.4. The molecule has 0 bridgehead atoms. The van der Waals surface area contributed by atoms with E-state index in [1.807, 2.05) is 0 Å². The zero-order chi connectivity index (χ0) is 15.7. The van der Waals surface area contributed by atoms with Gasteiger partial charge in [-0.25, -0.2) is 0 Å². The molecule has 0 aliphatic heterocycles. The van der Waals surface area contributed by atoms with E-state index in [0.29, 0.717) is 6.42 Å². The van der Waals surface area contributed by atoms with E-state index in [0.717, 1.165) is 25.7 Å². The summed E-state index contributed by atoms with van der Waals surface area (Å²) in [6, 6.07) is 0. The fourth-order valence-corrected chi connectivity index (χ4v) is 2.48. The smallest absolute Gasteiger partial charge is 0.811 e. The molecule has 0 N–H and O–H groups in total. The van der Waals surface area contributed by atoms with E-state index < -0.39 is 7.60 Å². The van der Waals surface area contributed by atoms with E-state index in [-0.39, 0.29) is 47.0 Å². The molecule has 0 rings (SSSR count). The van der Waals surface area contributed by atoms with Crippen LogP contribution in [0.2, 0.25) is 0 Å². The Labute approximate surface area is 165 Å². The predicted molar refractivity (Wildman–Crippen MR) is 84.6 cm³/mol. The second kappa shape index (κ2) is 21.5. The Morgan fingerprint density at radius 1 is 0.762 bits per heavy atom. The SMILES string of the molecule is CCCCCCCCP(=O)([O-])[O-].[CH2-]CCCCCCC.[Nd+3]. The van der Waals surface area contributed by atoms with Crippen molar-refractivity contribution in [2.75, 3.05) is 6.16 Å². The van der Waals surface area contributed by atoms with Crippen molar-refractivity contribution in [1.82, 2.24) is 0 Å². The van der Waals surface area contributed by atoms with E-state index in [2.05, 4.69) is 20.8 Å². The molecule has 1 radical (unpaired) electrons. The van der Waals surface area contributed by atoms with Gasteiger partial charge < -0.3 is 21.3 Å². The van der Waals surface area contributed by atoms with Gasteiger partial charge in [0.1, 0.15) is 0 Å². The van der Waals surface area contributed by atoms with Gasteiger partial charge >= 0.3 is 40.8 Å². The monoisotopic (exact) mass is 447 g/mol. The average Bonchev–Trinajstić information content (AvgIpc) is 2.38. The summed E-state index contributed by atoms with van der Waals surface area (Å²) in [7, 11) is -4.22. The first-order chi connectivity index (χ1) is 9.47. The van der Waals surface area contributed by atoms with Crippen molar-refractivity contribution < 1.29 is 55.2 Å². The fraction of sp³-hybridized carbons (Fsp3) is 0.938. The molecule has 21 heavy (non-hydrogen) atoms. The summed E-state index contributed by atoms with van der Waals surface area (Å²) in [5.74, 6) is 0. The first kappa shape index (κ1) is 27.4. The predicted octanol–water partition coefficient (Wildman–Crippen LogP) is 4.44. The molecule has 0 aromatic carbocycles. The van der Waals surface area contributed by atoms with Crippen LogP contribution in [-0.4, -0.2) is 6.16 Å². The van der Waals surface area contributed by atoms with Gasteiger partial charge in [-0.05, 0) is 12.6 Å². The Kier molecular flexibility index (Phi) is 28.0. The van der Waals surface area contributed by atoms with Crippen LogP contribution in [0.5, 0.6) is 0 Å². The summed E-state index contributed by atoms with van der Waals surface area (Å²) < 4.78 is 10.2. The number of hydrogen-bond donors (Lipinski definition) is 0. The zero-order valence-electron chi connectivity index (χ0n) is 14.1. The van der Waals surface area contributed by atoms with Gasteiger partial charge in [0, 0.05) is 0 Å². The molecule has 0 aromatic heterocycles. The summed E-state index contributed by atoms with van der Waals surface area (Å²) >= 11 is 0. The van der Waals surface area contributed by atoms with Crippen molar-refractivity contribution in [3.63, 3.8) is 0 Å². The molecule has 0 atom stereocenters. The minimum absolute atomic E-state index is 0. The largest absolute Gasteiger partial charge is 3.00 e. The first-order valence-corrected chi connectivity index (χ1v) is 10.0. The van der Waals surface area contributed by atoms with Crippen LogP contribution in [0.3, 0.4) is 0 Å². The number of unbranched alkanes of at least 4 members (excludes halogenated alkanes) is 10. The molecule has 0 spiro atoms. The minimum Gasteiger partial charge on any atom is -0.811 e. The van der Waals surface area contributed by atoms with E-state index >= 15 is 0 Å². The van der Waals surface area contributed by atoms with Crippen molar-refractivity contribution in [1.29, 1.82) is 0 Å². The molecule has 125 valence electrons. The van der Waals surface area contributed by atoms with E-state index in [1.165, 1.54) is 44.9 Å². The van der Waals surface area contributed by atoms with Gasteiger partial charge in [-0.3, -0.25) is 0 Å². The van der Waals surface area contributed by atoms with Crippen LogP contribution < -0.4 is 9.79 Å². The number of hydrogen-bond acceptors (Lipinski definition) is 3. The van der Waals surface area contributed by atoms with Gasteiger partial charge in [0.25, 0.3) is 0 Å². The molecule has 0 saturated heterocycles. The number of rotatable bonds is 12. The Balaban J connectivity index is -0.000000317. The molecule has 0 heterocycles. The Hall–Kier alpha value is 1.50. The third-order valence-corrected chi connectivity index (χ3v) is 4.00. The van der Waals surface area contributed by atoms with Gasteiger partial charge in [-0.2, -0.15) is 6.42 Å². The van der Waals surface area contributed by atoms with Crippen LogP contribution in [0.15, 0.2) is 0 Å². The van der Waals surface area contributed by atoms with Crippen molar-refractivity contribution in [3.05, 3.63) is 6.92 Å². The van der Waals surface area contributed by atoms with Crippen LogP contribution in [0.1, 0.15) is 90.9 Å². The average molecular weight is 450 g/mol. The summed E-state index contributed by atoms with van der Waals surface area (Å²) in [5.41, 5.74) is 0. The Bertz CT molecular complexity index is 214. The molecule has 0 aromatic rings. The van der Waals surface area contributed by atoms with E-state index in [1.54, 1.807) is 0 Å². The van der Waals surface area contributed by atoms with Crippen molar-refractivity contribution in [2.45, 2.75) is 90.9 Å². The maximum atomic E-state index is 10.2. The van der Waals surface area contributed by atoms with Crippen molar-refractivity contribution >= 4 is 7.60 Å². The maximum Gasteiger partial charge on any atom is 3.00 e. The topological polar surface area (TPSA) is 63.2 Å². The maximum absolute atomic E-state index is 10.2. The van der Waals surface area contributed by atoms with Crippen LogP contribution >= 0.6 is 7.60 Å². The zero-order valence-corrected chi connectivity index (χ0v) is 18.2. The van der Waals surface area contributed by atoms with E-state index in [9.17, 15) is 14.4 Å². The quantitative estimate of drug-likeness (QED) is 0.251. The first-order valence-electron chi connectivity index (χ1n) is 8.28. The second-order valence-corrected chi connectivity index (χ2v) is 7.04. The minimum atomic E-state index is -4.22. The molecule has 0 aliphatic carbocycles. The Morgan fingerprint density at radius 3 is 1.52 bits per heavy atom. The summed E-state index contributed by atoms with van der Waals surface area (Å²) in [6.45, 7) is 8.15. The molecule has 5 heteroatoms. The van der Waals surface area contributed by atoms with Crippen LogP contribution in [0, 0.1) is 47.8 Å². The third-order valence-electron chi connectivity index (χ3n) is 3.14. The van der Waals surface area contributed by atoms with Gasteiger partial charge in [0.15, 0.2) is 0 Å². The van der Waals surface area contributed by atoms with Gasteiger partial charge in [-0.1, -0.05) is 85.7 Å². The molecule has 0 unspecified atom stereocenters. The summed E-state index contributed by atoms with van der Waals surface area (Å²) in [5, 5.41) is 0. The normalized spacial score (nSPS) is 10.5. The standard InChI is InChI=1S/C8H19O3P.C8H17.Nd/c1-2-3-4-5-6-7-8-12(9,10)11;1-3-5-7-8-6-4-2;/h2-8H2,1H3,(H2,9,10,11);1,3-8H2,2H3;/q;-1;+3/p-2. The van der Waals surface area contributed by atoms with Gasteiger partial charge in [0.05, 0.1) is 0 Å². The molecular weight excluding hydrogens is 415 g/mol. The van der Waals surface area contributed by atoms with Crippen LogP contribution in [-0.2, 0) is 4.57 Å². The molecule has 3 nitrogen and oxygen atoms in total. The van der Waals surface area contributed by atoms with Crippen LogP contribution in [0.25, 0.3) is 0 Å². The van der Waals surface area contributed by atoms with Crippen molar-refractivity contribution in [3.8, 4) is 0 Å². The van der Waals surface area contributed by atoms with E-state index in [4.69, 9.17) is 0 Å². The van der Waals surface area contributed by atoms with Crippen molar-refractivity contribution in [2.24, 2.45) is 0 Å². The fourth-order valence-electron chi connectivity index (χ4n) is 1.87.